The van der Waals surface area contributed by atoms with Crippen LogP contribution in [0.2, 0.25) is 15.1 Å². The molecule has 2 atom stereocenters. The molecule has 3 heterocycles. The molecule has 5 rings (SSSR count). The fourth-order valence-electron chi connectivity index (χ4n) is 5.49. The minimum atomic E-state index is -0.237. The molecule has 2 aromatic carbocycles. The Bertz CT molecular complexity index is 1130. The zero-order chi connectivity index (χ0) is 26.1. The van der Waals surface area contributed by atoms with E-state index >= 15 is 0 Å². The van der Waals surface area contributed by atoms with E-state index in [1.807, 2.05) is 29.2 Å². The van der Waals surface area contributed by atoms with Gasteiger partial charge in [-0.1, -0.05) is 41.7 Å². The van der Waals surface area contributed by atoms with Crippen LogP contribution in [-0.2, 0) is 4.74 Å². The van der Waals surface area contributed by atoms with Crippen molar-refractivity contribution in [2.75, 3.05) is 63.9 Å². The van der Waals surface area contributed by atoms with Crippen LogP contribution in [0.1, 0.15) is 34.1 Å². The van der Waals surface area contributed by atoms with Crippen LogP contribution in [0.15, 0.2) is 36.4 Å². The standard InChI is InChI=1S/C27H31Cl3N4O3/c1-2-7-31-8-10-32(11-9-31)20-5-3-18(4-6-20)27(36)34-12-13-37-24-17-33(16-23(24)34)26(35)19-14-21(28)25(30)22(29)15-19/h3-6,14-15,23-24H,2,7-13,16-17H2,1H3/t23-,24+/m0/s1. The number of hydrogen-bond acceptors (Lipinski definition) is 5. The molecule has 0 saturated carbocycles. The van der Waals surface area contributed by atoms with E-state index in [4.69, 9.17) is 39.5 Å². The second kappa shape index (κ2) is 11.4. The Morgan fingerprint density at radius 1 is 0.892 bits per heavy atom. The van der Waals surface area contributed by atoms with Gasteiger partial charge in [-0.25, -0.2) is 0 Å². The number of hydrogen-bond donors (Lipinski definition) is 0. The van der Waals surface area contributed by atoms with Gasteiger partial charge in [0, 0.05) is 62.6 Å². The molecule has 3 aliphatic rings. The lowest BCUT2D eigenvalue weighted by Gasteiger charge is -2.37. The third-order valence-electron chi connectivity index (χ3n) is 7.47. The van der Waals surface area contributed by atoms with Gasteiger partial charge in [0.25, 0.3) is 11.8 Å². The average Bonchev–Trinajstić information content (AvgIpc) is 3.36. The summed E-state index contributed by atoms with van der Waals surface area (Å²) in [5, 5.41) is 0.682. The molecule has 0 spiro atoms. The third kappa shape index (κ3) is 5.57. The molecule has 2 aromatic rings. The Morgan fingerprint density at radius 2 is 1.57 bits per heavy atom. The van der Waals surface area contributed by atoms with E-state index in [0.29, 0.717) is 37.4 Å². The molecule has 0 aliphatic carbocycles. The van der Waals surface area contributed by atoms with E-state index < -0.39 is 0 Å². The van der Waals surface area contributed by atoms with Gasteiger partial charge in [0.05, 0.1) is 33.8 Å². The molecule has 198 valence electrons. The van der Waals surface area contributed by atoms with E-state index in [1.165, 1.54) is 18.6 Å². The molecule has 3 saturated heterocycles. The second-order valence-corrected chi connectivity index (χ2v) is 11.0. The predicted molar refractivity (Wildman–Crippen MR) is 147 cm³/mol. The number of carbonyl (C=O) groups is 2. The minimum Gasteiger partial charge on any atom is -0.372 e. The highest BCUT2D eigenvalue weighted by Gasteiger charge is 2.44. The molecule has 0 bridgehead atoms. The Hall–Kier alpha value is -2.03. The Labute approximate surface area is 232 Å². The average molecular weight is 566 g/mol. The van der Waals surface area contributed by atoms with Gasteiger partial charge in [0.2, 0.25) is 0 Å². The maximum absolute atomic E-state index is 13.5. The molecule has 0 N–H and O–H groups in total. The summed E-state index contributed by atoms with van der Waals surface area (Å²) >= 11 is 18.3. The van der Waals surface area contributed by atoms with Crippen LogP contribution in [0.3, 0.4) is 0 Å². The largest absolute Gasteiger partial charge is 0.372 e. The van der Waals surface area contributed by atoms with Gasteiger partial charge < -0.3 is 19.4 Å². The number of likely N-dealkylation sites (tertiary alicyclic amines) is 1. The van der Waals surface area contributed by atoms with Gasteiger partial charge in [0.15, 0.2) is 0 Å². The normalized spacial score (nSPS) is 22.3. The van der Waals surface area contributed by atoms with Crippen LogP contribution in [-0.4, -0.2) is 97.6 Å². The topological polar surface area (TPSA) is 56.3 Å². The van der Waals surface area contributed by atoms with Gasteiger partial charge in [-0.3, -0.25) is 14.5 Å². The first-order chi connectivity index (χ1) is 17.9. The highest BCUT2D eigenvalue weighted by molar-refractivity contribution is 6.48. The fourth-order valence-corrected chi connectivity index (χ4v) is 6.09. The van der Waals surface area contributed by atoms with Crippen LogP contribution in [0.4, 0.5) is 5.69 Å². The Balaban J connectivity index is 1.25. The smallest absolute Gasteiger partial charge is 0.254 e. The number of halogens is 3. The lowest BCUT2D eigenvalue weighted by Crippen LogP contribution is -2.53. The van der Waals surface area contributed by atoms with Crippen molar-refractivity contribution in [1.82, 2.24) is 14.7 Å². The molecular formula is C27H31Cl3N4O3. The molecule has 3 fully saturated rings. The highest BCUT2D eigenvalue weighted by atomic mass is 35.5. The molecule has 2 amide bonds. The van der Waals surface area contributed by atoms with Gasteiger partial charge in [-0.05, 0) is 49.4 Å². The third-order valence-corrected chi connectivity index (χ3v) is 8.67. The van der Waals surface area contributed by atoms with Crippen LogP contribution in [0, 0.1) is 0 Å². The lowest BCUT2D eigenvalue weighted by molar-refractivity contribution is -0.0369. The number of piperazine rings is 1. The Morgan fingerprint density at radius 3 is 2.22 bits per heavy atom. The lowest BCUT2D eigenvalue weighted by atomic mass is 10.1. The van der Waals surface area contributed by atoms with Crippen molar-refractivity contribution in [3.05, 3.63) is 62.6 Å². The summed E-state index contributed by atoms with van der Waals surface area (Å²) in [6.45, 7) is 9.18. The molecule has 0 unspecified atom stereocenters. The van der Waals surface area contributed by atoms with Crippen LogP contribution >= 0.6 is 34.8 Å². The number of ether oxygens (including phenoxy) is 1. The molecule has 7 nitrogen and oxygen atoms in total. The highest BCUT2D eigenvalue weighted by Crippen LogP contribution is 2.33. The monoisotopic (exact) mass is 564 g/mol. The van der Waals surface area contributed by atoms with Gasteiger partial charge >= 0.3 is 0 Å². The first-order valence-corrected chi connectivity index (χ1v) is 13.9. The van der Waals surface area contributed by atoms with E-state index in [-0.39, 0.29) is 39.0 Å². The summed E-state index contributed by atoms with van der Waals surface area (Å²) in [4.78, 5) is 35.1. The number of amides is 2. The van der Waals surface area contributed by atoms with Crippen molar-refractivity contribution >= 4 is 52.3 Å². The zero-order valence-electron chi connectivity index (χ0n) is 20.8. The van der Waals surface area contributed by atoms with E-state index in [9.17, 15) is 9.59 Å². The first kappa shape index (κ1) is 26.6. The van der Waals surface area contributed by atoms with Crippen molar-refractivity contribution in [3.63, 3.8) is 0 Å². The number of fused-ring (bicyclic) bond motifs is 1. The van der Waals surface area contributed by atoms with Gasteiger partial charge in [-0.15, -0.1) is 0 Å². The van der Waals surface area contributed by atoms with Crippen LogP contribution in [0.25, 0.3) is 0 Å². The van der Waals surface area contributed by atoms with Crippen molar-refractivity contribution in [1.29, 1.82) is 0 Å². The summed E-state index contributed by atoms with van der Waals surface area (Å²) in [5.41, 5.74) is 2.16. The summed E-state index contributed by atoms with van der Waals surface area (Å²) in [6.07, 6.45) is 0.939. The zero-order valence-corrected chi connectivity index (χ0v) is 23.1. The maximum atomic E-state index is 13.5. The van der Waals surface area contributed by atoms with Crippen LogP contribution in [0.5, 0.6) is 0 Å². The van der Waals surface area contributed by atoms with Crippen molar-refractivity contribution in [3.8, 4) is 0 Å². The molecule has 37 heavy (non-hydrogen) atoms. The first-order valence-electron chi connectivity index (χ1n) is 12.8. The van der Waals surface area contributed by atoms with E-state index in [2.05, 4.69) is 16.7 Å². The molecule has 3 aliphatic heterocycles. The SMILES string of the molecule is CCCN1CCN(c2ccc(C(=O)N3CCO[C@@H]4CN(C(=O)c5cc(Cl)c(Cl)c(Cl)c5)C[C@@H]43)cc2)CC1. The fraction of sp³-hybridized carbons (Fsp3) is 0.481. The number of anilines is 1. The number of rotatable bonds is 5. The van der Waals surface area contributed by atoms with Gasteiger partial charge in [-0.2, -0.15) is 0 Å². The summed E-state index contributed by atoms with van der Waals surface area (Å²) in [6, 6.07) is 10.7. The van der Waals surface area contributed by atoms with Gasteiger partial charge in [0.1, 0.15) is 0 Å². The second-order valence-electron chi connectivity index (χ2n) is 9.81. The molecule has 10 heteroatoms. The number of morpholine rings is 1. The maximum Gasteiger partial charge on any atom is 0.254 e. The predicted octanol–water partition coefficient (Wildman–Crippen LogP) is 4.54. The van der Waals surface area contributed by atoms with Crippen molar-refractivity contribution < 1.29 is 14.3 Å². The Kier molecular flexibility index (Phi) is 8.17. The van der Waals surface area contributed by atoms with Crippen molar-refractivity contribution in [2.24, 2.45) is 0 Å². The number of carbonyl (C=O) groups excluding carboxylic acids is 2. The number of nitrogens with zero attached hydrogens (tertiary/aromatic N) is 4. The van der Waals surface area contributed by atoms with Crippen molar-refractivity contribution in [2.45, 2.75) is 25.5 Å². The number of benzene rings is 2. The summed E-state index contributed by atoms with van der Waals surface area (Å²) < 4.78 is 5.95. The summed E-state index contributed by atoms with van der Waals surface area (Å²) in [5.74, 6) is -0.251. The minimum absolute atomic E-state index is 0.0375. The molecular weight excluding hydrogens is 535 g/mol. The summed E-state index contributed by atoms with van der Waals surface area (Å²) in [7, 11) is 0. The van der Waals surface area contributed by atoms with E-state index in [1.54, 1.807) is 4.90 Å². The van der Waals surface area contributed by atoms with Crippen LogP contribution < -0.4 is 4.90 Å². The quantitative estimate of drug-likeness (QED) is 0.498. The van der Waals surface area contributed by atoms with E-state index in [0.717, 1.165) is 38.4 Å². The molecule has 0 radical (unpaired) electrons. The molecule has 0 aromatic heterocycles.